The summed E-state index contributed by atoms with van der Waals surface area (Å²) >= 11 is 0. The highest BCUT2D eigenvalue weighted by atomic mass is 16.6. The molecule has 0 unspecified atom stereocenters. The first-order chi connectivity index (χ1) is 10.7. The number of pyridine rings is 1. The molecule has 23 heavy (non-hydrogen) atoms. The van der Waals surface area contributed by atoms with Crippen LogP contribution in [0.25, 0.3) is 0 Å². The van der Waals surface area contributed by atoms with Crippen molar-refractivity contribution in [3.8, 4) is 0 Å². The van der Waals surface area contributed by atoms with E-state index in [4.69, 9.17) is 9.84 Å². The molecule has 1 aliphatic heterocycles. The second-order valence-corrected chi connectivity index (χ2v) is 6.43. The van der Waals surface area contributed by atoms with Crippen molar-refractivity contribution >= 4 is 17.8 Å². The number of aromatic carboxylic acids is 1. The number of nitrogens with zero attached hydrogens (tertiary/aromatic N) is 2. The summed E-state index contributed by atoms with van der Waals surface area (Å²) in [5.41, 5.74) is -0.490. The van der Waals surface area contributed by atoms with Gasteiger partial charge in [0.1, 0.15) is 17.3 Å². The van der Waals surface area contributed by atoms with Crippen LogP contribution in [0, 0.1) is 0 Å². The maximum atomic E-state index is 12.5. The van der Waals surface area contributed by atoms with Gasteiger partial charge in [0.15, 0.2) is 0 Å². The number of carbonyl (C=O) groups excluding carboxylic acids is 2. The summed E-state index contributed by atoms with van der Waals surface area (Å²) in [6, 6.07) is 2.07. The van der Waals surface area contributed by atoms with Gasteiger partial charge < -0.3 is 14.7 Å². The Morgan fingerprint density at radius 1 is 1.30 bits per heavy atom. The molecular weight excluding hydrogens is 300 g/mol. The zero-order chi connectivity index (χ0) is 17.2. The van der Waals surface area contributed by atoms with Crippen molar-refractivity contribution in [2.45, 2.75) is 45.3 Å². The molecule has 7 heteroatoms. The Balaban J connectivity index is 2.14. The average Bonchev–Trinajstić information content (AvgIpc) is 2.94. The summed E-state index contributed by atoms with van der Waals surface area (Å²) in [5, 5.41) is 8.83. The number of hydrogen-bond donors (Lipinski definition) is 1. The number of carboxylic acid groups (broad SMARTS) is 1. The molecule has 0 aliphatic carbocycles. The Labute approximate surface area is 134 Å². The molecule has 1 aromatic rings. The van der Waals surface area contributed by atoms with Crippen molar-refractivity contribution in [2.24, 2.45) is 0 Å². The van der Waals surface area contributed by atoms with Gasteiger partial charge in [-0.15, -0.1) is 0 Å². The van der Waals surface area contributed by atoms with Crippen LogP contribution >= 0.6 is 0 Å². The van der Waals surface area contributed by atoms with Crippen molar-refractivity contribution in [1.29, 1.82) is 0 Å². The van der Waals surface area contributed by atoms with Crippen LogP contribution in [-0.2, 0) is 9.53 Å². The van der Waals surface area contributed by atoms with Crippen LogP contribution in [0.2, 0.25) is 0 Å². The second-order valence-electron chi connectivity index (χ2n) is 6.43. The molecule has 124 valence electrons. The van der Waals surface area contributed by atoms with E-state index in [1.807, 2.05) is 0 Å². The predicted molar refractivity (Wildman–Crippen MR) is 81.1 cm³/mol. The predicted octanol–water partition coefficient (Wildman–Crippen LogP) is 1.73. The van der Waals surface area contributed by atoms with Gasteiger partial charge in [0.2, 0.25) is 0 Å². The van der Waals surface area contributed by atoms with Crippen LogP contribution in [0.3, 0.4) is 0 Å². The number of amides is 1. The largest absolute Gasteiger partial charge is 0.477 e. The van der Waals surface area contributed by atoms with Crippen LogP contribution in [0.1, 0.15) is 54.5 Å². The first-order valence-corrected chi connectivity index (χ1v) is 7.42. The Morgan fingerprint density at radius 3 is 2.52 bits per heavy atom. The van der Waals surface area contributed by atoms with E-state index in [0.717, 1.165) is 6.42 Å². The van der Waals surface area contributed by atoms with Crippen LogP contribution in [0.5, 0.6) is 0 Å². The number of esters is 1. The van der Waals surface area contributed by atoms with Crippen molar-refractivity contribution in [3.05, 3.63) is 29.6 Å². The molecule has 0 saturated carbocycles. The first-order valence-electron chi connectivity index (χ1n) is 7.42. The molecule has 2 rings (SSSR count). The van der Waals surface area contributed by atoms with Gasteiger partial charge >= 0.3 is 11.9 Å². The third-order valence-corrected chi connectivity index (χ3v) is 3.42. The molecule has 0 bridgehead atoms. The van der Waals surface area contributed by atoms with Gasteiger partial charge in [0.05, 0.1) is 5.56 Å². The van der Waals surface area contributed by atoms with E-state index in [1.54, 1.807) is 20.8 Å². The fraction of sp³-hybridized carbons (Fsp3) is 0.500. The zero-order valence-electron chi connectivity index (χ0n) is 13.4. The SMILES string of the molecule is CC(C)(C)OC(=O)[C@@H]1CCCN1C(=O)c1ccc(C(=O)O)nc1. The molecule has 7 nitrogen and oxygen atoms in total. The van der Waals surface area contributed by atoms with Gasteiger partial charge in [-0.05, 0) is 45.7 Å². The lowest BCUT2D eigenvalue weighted by atomic mass is 10.1. The minimum Gasteiger partial charge on any atom is -0.477 e. The minimum atomic E-state index is -1.16. The van der Waals surface area contributed by atoms with E-state index in [0.29, 0.717) is 13.0 Å². The van der Waals surface area contributed by atoms with Crippen molar-refractivity contribution in [2.75, 3.05) is 6.54 Å². The summed E-state index contributed by atoms with van der Waals surface area (Å²) in [6.07, 6.45) is 2.49. The molecule has 2 heterocycles. The number of likely N-dealkylation sites (tertiary alicyclic amines) is 1. The van der Waals surface area contributed by atoms with Gasteiger partial charge in [-0.1, -0.05) is 0 Å². The third kappa shape index (κ3) is 4.06. The fourth-order valence-electron chi connectivity index (χ4n) is 2.44. The molecule has 1 fully saturated rings. The molecule has 1 amide bonds. The van der Waals surface area contributed by atoms with Crippen molar-refractivity contribution in [3.63, 3.8) is 0 Å². The lowest BCUT2D eigenvalue weighted by Gasteiger charge is -2.27. The third-order valence-electron chi connectivity index (χ3n) is 3.42. The molecule has 1 atom stereocenters. The lowest BCUT2D eigenvalue weighted by Crippen LogP contribution is -2.43. The maximum absolute atomic E-state index is 12.5. The smallest absolute Gasteiger partial charge is 0.354 e. The molecule has 0 spiro atoms. The first kappa shape index (κ1) is 16.9. The van der Waals surface area contributed by atoms with E-state index in [1.165, 1.54) is 23.2 Å². The average molecular weight is 320 g/mol. The van der Waals surface area contributed by atoms with Gasteiger partial charge in [0.25, 0.3) is 5.91 Å². The number of carboxylic acids is 1. The van der Waals surface area contributed by atoms with Gasteiger partial charge in [-0.25, -0.2) is 14.6 Å². The number of ether oxygens (including phenoxy) is 1. The van der Waals surface area contributed by atoms with Crippen molar-refractivity contribution < 1.29 is 24.2 Å². The number of hydrogen-bond acceptors (Lipinski definition) is 5. The summed E-state index contributed by atoms with van der Waals surface area (Å²) in [4.78, 5) is 40.8. The summed E-state index contributed by atoms with van der Waals surface area (Å²) in [5.74, 6) is -1.92. The van der Waals surface area contributed by atoms with Crippen LogP contribution in [-0.4, -0.2) is 51.0 Å². The monoisotopic (exact) mass is 320 g/mol. The minimum absolute atomic E-state index is 0.133. The van der Waals surface area contributed by atoms with E-state index < -0.39 is 23.6 Å². The fourth-order valence-corrected chi connectivity index (χ4v) is 2.44. The van der Waals surface area contributed by atoms with E-state index in [9.17, 15) is 14.4 Å². The quantitative estimate of drug-likeness (QED) is 0.852. The highest BCUT2D eigenvalue weighted by Gasteiger charge is 2.37. The van der Waals surface area contributed by atoms with Crippen molar-refractivity contribution in [1.82, 2.24) is 9.88 Å². The highest BCUT2D eigenvalue weighted by molar-refractivity contribution is 5.97. The number of carbonyl (C=O) groups is 3. The zero-order valence-corrected chi connectivity index (χ0v) is 13.4. The normalized spacial score (nSPS) is 17.9. The molecule has 0 radical (unpaired) electrons. The Bertz CT molecular complexity index is 618. The summed E-state index contributed by atoms with van der Waals surface area (Å²) in [6.45, 7) is 5.80. The lowest BCUT2D eigenvalue weighted by molar-refractivity contribution is -0.159. The Kier molecular flexibility index (Phi) is 4.68. The van der Waals surface area contributed by atoms with Gasteiger partial charge in [0, 0.05) is 12.7 Å². The molecule has 1 aromatic heterocycles. The summed E-state index contributed by atoms with van der Waals surface area (Å²) in [7, 11) is 0. The molecule has 1 N–H and O–H groups in total. The topological polar surface area (TPSA) is 96.8 Å². The number of rotatable bonds is 3. The molecule has 1 saturated heterocycles. The second kappa shape index (κ2) is 6.36. The molecule has 1 aliphatic rings. The van der Waals surface area contributed by atoms with E-state index in [-0.39, 0.29) is 17.2 Å². The Morgan fingerprint density at radius 2 is 2.00 bits per heavy atom. The van der Waals surface area contributed by atoms with E-state index in [2.05, 4.69) is 4.98 Å². The van der Waals surface area contributed by atoms with Crippen LogP contribution < -0.4 is 0 Å². The number of aromatic nitrogens is 1. The highest BCUT2D eigenvalue weighted by Crippen LogP contribution is 2.23. The van der Waals surface area contributed by atoms with Crippen LogP contribution in [0.4, 0.5) is 0 Å². The summed E-state index contributed by atoms with van der Waals surface area (Å²) < 4.78 is 5.36. The standard InChI is InChI=1S/C16H20N2O5/c1-16(2,3)23-15(22)12-5-4-8-18(12)13(19)10-6-7-11(14(20)21)17-9-10/h6-7,9,12H,4-5,8H2,1-3H3,(H,20,21)/t12-/m0/s1. The maximum Gasteiger partial charge on any atom is 0.354 e. The molecule has 0 aromatic carbocycles. The molecular formula is C16H20N2O5. The van der Waals surface area contributed by atoms with Gasteiger partial charge in [-0.2, -0.15) is 0 Å². The van der Waals surface area contributed by atoms with Crippen LogP contribution in [0.15, 0.2) is 18.3 Å². The van der Waals surface area contributed by atoms with E-state index >= 15 is 0 Å². The Hall–Kier alpha value is -2.44. The van der Waals surface area contributed by atoms with Gasteiger partial charge in [-0.3, -0.25) is 4.79 Å².